The highest BCUT2D eigenvalue weighted by Crippen LogP contribution is 1.98. The van der Waals surface area contributed by atoms with Gasteiger partial charge in [-0.3, -0.25) is 9.79 Å². The Morgan fingerprint density at radius 3 is 3.11 bits per heavy atom. The van der Waals surface area contributed by atoms with Crippen LogP contribution in [-0.2, 0) is 4.79 Å². The van der Waals surface area contributed by atoms with Crippen molar-refractivity contribution in [2.45, 2.75) is 5.62 Å². The van der Waals surface area contributed by atoms with Crippen LogP contribution >= 0.6 is 11.6 Å². The Hall–Kier alpha value is -0.830. The molecular weight excluding hydrogens is 140 g/mol. The Morgan fingerprint density at radius 1 is 1.89 bits per heavy atom. The van der Waals surface area contributed by atoms with Gasteiger partial charge in [0.25, 0.3) is 0 Å². The SMILES string of the molecule is O=[C]C1=CNC(Cl)N=C1. The second-order valence-corrected chi connectivity index (χ2v) is 1.90. The molecule has 1 unspecified atom stereocenters. The van der Waals surface area contributed by atoms with Gasteiger partial charge in [0.1, 0.15) is 0 Å². The Balaban J connectivity index is 2.62. The number of rotatable bonds is 1. The molecule has 1 heterocycles. The first kappa shape index (κ1) is 6.29. The minimum absolute atomic E-state index is 0.381. The summed E-state index contributed by atoms with van der Waals surface area (Å²) in [5, 5.41) is 2.63. The molecule has 0 saturated heterocycles. The summed E-state index contributed by atoms with van der Waals surface area (Å²) < 4.78 is 0. The number of nitrogens with one attached hydrogen (secondary N) is 1. The van der Waals surface area contributed by atoms with Crippen LogP contribution in [0.2, 0.25) is 0 Å². The smallest absolute Gasteiger partial charge is 0.236 e. The normalized spacial score (nSPS) is 24.6. The van der Waals surface area contributed by atoms with E-state index in [1.54, 1.807) is 6.29 Å². The molecule has 0 bridgehead atoms. The lowest BCUT2D eigenvalue weighted by atomic mass is 10.3. The van der Waals surface area contributed by atoms with Crippen molar-refractivity contribution in [3.63, 3.8) is 0 Å². The predicted octanol–water partition coefficient (Wildman–Crippen LogP) is 0.176. The van der Waals surface area contributed by atoms with Gasteiger partial charge in [-0.25, -0.2) is 0 Å². The standard InChI is InChI=1S/C5H4ClN2O/c6-5-7-1-4(3-9)2-8-5/h1-2,5,7H. The van der Waals surface area contributed by atoms with E-state index in [1.807, 2.05) is 0 Å². The first-order valence-electron chi connectivity index (χ1n) is 2.34. The zero-order chi connectivity index (χ0) is 6.69. The summed E-state index contributed by atoms with van der Waals surface area (Å²) in [4.78, 5) is 13.6. The molecule has 47 valence electrons. The van der Waals surface area contributed by atoms with Crippen molar-refractivity contribution in [1.29, 1.82) is 0 Å². The Morgan fingerprint density at radius 2 is 2.67 bits per heavy atom. The van der Waals surface area contributed by atoms with E-state index in [4.69, 9.17) is 11.6 Å². The van der Waals surface area contributed by atoms with Crippen LogP contribution in [0.5, 0.6) is 0 Å². The fraction of sp³-hybridized carbons (Fsp3) is 0.200. The zero-order valence-corrected chi connectivity index (χ0v) is 5.22. The van der Waals surface area contributed by atoms with E-state index >= 15 is 0 Å². The number of alkyl halides is 1. The largest absolute Gasteiger partial charge is 0.357 e. The number of carbonyl (C=O) groups excluding carboxylic acids is 1. The highest BCUT2D eigenvalue weighted by atomic mass is 35.5. The van der Waals surface area contributed by atoms with Crippen molar-refractivity contribution in [2.24, 2.45) is 4.99 Å². The van der Waals surface area contributed by atoms with Crippen molar-refractivity contribution >= 4 is 24.1 Å². The van der Waals surface area contributed by atoms with Crippen LogP contribution in [0.15, 0.2) is 16.8 Å². The van der Waals surface area contributed by atoms with Crippen molar-refractivity contribution in [3.8, 4) is 0 Å². The Labute approximate surface area is 57.4 Å². The lowest BCUT2D eigenvalue weighted by Gasteiger charge is -2.07. The van der Waals surface area contributed by atoms with Gasteiger partial charge in [0, 0.05) is 12.4 Å². The summed E-state index contributed by atoms with van der Waals surface area (Å²) in [6, 6.07) is 0. The average molecular weight is 144 g/mol. The van der Waals surface area contributed by atoms with Gasteiger partial charge in [0.05, 0.1) is 5.57 Å². The summed E-state index contributed by atoms with van der Waals surface area (Å²) in [5.74, 6) is 0. The molecule has 0 aliphatic carbocycles. The van der Waals surface area contributed by atoms with Crippen LogP contribution in [0.4, 0.5) is 0 Å². The quantitative estimate of drug-likeness (QED) is 0.420. The molecule has 9 heavy (non-hydrogen) atoms. The number of hydrogen-bond acceptors (Lipinski definition) is 3. The van der Waals surface area contributed by atoms with Crippen LogP contribution in [-0.4, -0.2) is 18.1 Å². The number of nitrogens with zero attached hydrogens (tertiary/aromatic N) is 1. The van der Waals surface area contributed by atoms with Gasteiger partial charge >= 0.3 is 0 Å². The number of aliphatic imine (C=N–C) groups is 1. The molecule has 3 nitrogen and oxygen atoms in total. The maximum atomic E-state index is 9.90. The molecule has 1 aliphatic heterocycles. The third-order valence-electron chi connectivity index (χ3n) is 0.839. The first-order chi connectivity index (χ1) is 4.33. The van der Waals surface area contributed by atoms with Gasteiger partial charge in [-0.1, -0.05) is 11.6 Å². The maximum Gasteiger partial charge on any atom is 0.236 e. The van der Waals surface area contributed by atoms with Crippen molar-refractivity contribution < 1.29 is 4.79 Å². The molecule has 0 aromatic rings. The van der Waals surface area contributed by atoms with Gasteiger partial charge in [0.2, 0.25) is 6.29 Å². The Kier molecular flexibility index (Phi) is 1.85. The molecule has 1 radical (unpaired) electrons. The maximum absolute atomic E-state index is 9.90. The van der Waals surface area contributed by atoms with Crippen molar-refractivity contribution in [1.82, 2.24) is 5.32 Å². The molecule has 0 amide bonds. The Bertz CT molecular complexity index is 176. The van der Waals surface area contributed by atoms with E-state index in [9.17, 15) is 4.79 Å². The summed E-state index contributed by atoms with van der Waals surface area (Å²) in [6.45, 7) is 0. The van der Waals surface area contributed by atoms with Crippen LogP contribution in [0.25, 0.3) is 0 Å². The molecule has 0 aromatic carbocycles. The van der Waals surface area contributed by atoms with E-state index in [0.29, 0.717) is 5.57 Å². The molecule has 1 atom stereocenters. The minimum atomic E-state index is -0.443. The average Bonchev–Trinajstić information content (AvgIpc) is 1.90. The predicted molar refractivity (Wildman–Crippen MR) is 35.0 cm³/mol. The van der Waals surface area contributed by atoms with Crippen LogP contribution in [0, 0.1) is 0 Å². The third kappa shape index (κ3) is 1.54. The molecule has 1 aliphatic rings. The fourth-order valence-corrected chi connectivity index (χ4v) is 0.560. The van der Waals surface area contributed by atoms with Gasteiger partial charge in [-0.15, -0.1) is 0 Å². The first-order valence-corrected chi connectivity index (χ1v) is 2.78. The topological polar surface area (TPSA) is 41.5 Å². The lowest BCUT2D eigenvalue weighted by molar-refractivity contribution is 0.562. The molecular formula is C5H4ClN2O. The van der Waals surface area contributed by atoms with Crippen molar-refractivity contribution in [2.75, 3.05) is 0 Å². The van der Waals surface area contributed by atoms with E-state index in [1.165, 1.54) is 12.4 Å². The number of allylic oxidation sites excluding steroid dienone is 1. The molecule has 0 saturated carbocycles. The second kappa shape index (κ2) is 2.64. The highest BCUT2D eigenvalue weighted by molar-refractivity contribution is 6.21. The fourth-order valence-electron chi connectivity index (χ4n) is 0.440. The summed E-state index contributed by atoms with van der Waals surface area (Å²) in [7, 11) is 0. The van der Waals surface area contributed by atoms with Gasteiger partial charge < -0.3 is 5.32 Å². The van der Waals surface area contributed by atoms with E-state index in [2.05, 4.69) is 10.3 Å². The summed E-state index contributed by atoms with van der Waals surface area (Å²) >= 11 is 5.46. The van der Waals surface area contributed by atoms with E-state index < -0.39 is 5.62 Å². The molecule has 1 N–H and O–H groups in total. The molecule has 4 heteroatoms. The van der Waals surface area contributed by atoms with Gasteiger partial charge in [-0.05, 0) is 0 Å². The molecule has 0 spiro atoms. The lowest BCUT2D eigenvalue weighted by Crippen LogP contribution is -2.20. The van der Waals surface area contributed by atoms with Crippen molar-refractivity contribution in [3.05, 3.63) is 11.8 Å². The number of halogens is 1. The minimum Gasteiger partial charge on any atom is -0.357 e. The summed E-state index contributed by atoms with van der Waals surface area (Å²) in [5.41, 5.74) is -0.0611. The molecule has 0 fully saturated rings. The van der Waals surface area contributed by atoms with Crippen LogP contribution in [0.1, 0.15) is 0 Å². The number of hydrogen-bond donors (Lipinski definition) is 1. The molecule has 0 aromatic heterocycles. The highest BCUT2D eigenvalue weighted by Gasteiger charge is 2.02. The monoisotopic (exact) mass is 143 g/mol. The molecule has 1 rings (SSSR count). The van der Waals surface area contributed by atoms with Gasteiger partial charge in [0.15, 0.2) is 5.62 Å². The van der Waals surface area contributed by atoms with Crippen LogP contribution in [0.3, 0.4) is 0 Å². The van der Waals surface area contributed by atoms with E-state index in [-0.39, 0.29) is 0 Å². The zero-order valence-electron chi connectivity index (χ0n) is 4.47. The second-order valence-electron chi connectivity index (χ2n) is 1.48. The van der Waals surface area contributed by atoms with Gasteiger partial charge in [-0.2, -0.15) is 0 Å². The summed E-state index contributed by atoms with van der Waals surface area (Å²) in [6.07, 6.45) is 4.51. The third-order valence-corrected chi connectivity index (χ3v) is 1.08. The van der Waals surface area contributed by atoms with E-state index in [0.717, 1.165) is 0 Å². The van der Waals surface area contributed by atoms with Crippen LogP contribution < -0.4 is 5.32 Å².